The molecule has 72 heavy (non-hydrogen) atoms. The number of esters is 1. The predicted molar refractivity (Wildman–Crippen MR) is 294 cm³/mol. The molecule has 0 radical (unpaired) electrons. The van der Waals surface area contributed by atoms with Gasteiger partial charge in [0.05, 0.1) is 19.8 Å². The van der Waals surface area contributed by atoms with Crippen molar-refractivity contribution >= 4 is 16.4 Å². The molecule has 0 amide bonds. The third-order valence-corrected chi connectivity index (χ3v) is 14.9. The molecule has 0 aromatic heterocycles. The highest BCUT2D eigenvalue weighted by atomic mass is 32.3. The maximum Gasteiger partial charge on any atom is 0.397 e. The molecule has 1 saturated heterocycles. The Kier molecular flexibility index (Phi) is 48.4. The van der Waals surface area contributed by atoms with E-state index in [0.29, 0.717) is 13.0 Å². The third kappa shape index (κ3) is 43.0. The molecule has 1 heterocycles. The number of rotatable bonds is 55. The van der Waals surface area contributed by atoms with Crippen molar-refractivity contribution in [1.82, 2.24) is 0 Å². The summed E-state index contributed by atoms with van der Waals surface area (Å²) in [5, 5.41) is 30.9. The summed E-state index contributed by atoms with van der Waals surface area (Å²) >= 11 is 0. The number of carbonyl (C=O) groups is 1. The van der Waals surface area contributed by atoms with Crippen LogP contribution in [0, 0.1) is 0 Å². The quantitative estimate of drug-likeness (QED) is 0.0196. The summed E-state index contributed by atoms with van der Waals surface area (Å²) < 4.78 is 59.5. The van der Waals surface area contributed by atoms with E-state index in [9.17, 15) is 33.1 Å². The molecule has 0 spiro atoms. The zero-order valence-electron chi connectivity index (χ0n) is 46.5. The van der Waals surface area contributed by atoms with Crippen molar-refractivity contribution in [2.24, 2.45) is 0 Å². The van der Waals surface area contributed by atoms with E-state index >= 15 is 0 Å². The molecule has 12 nitrogen and oxygen atoms in total. The summed E-state index contributed by atoms with van der Waals surface area (Å²) in [6.07, 6.45) is 51.1. The van der Waals surface area contributed by atoms with Crippen molar-refractivity contribution in [1.29, 1.82) is 0 Å². The summed E-state index contributed by atoms with van der Waals surface area (Å²) in [4.78, 5) is 13.0. The number of allylic oxidation sites excluding steroid dienone is 2. The van der Waals surface area contributed by atoms with E-state index in [2.05, 4.69) is 30.2 Å². The summed E-state index contributed by atoms with van der Waals surface area (Å²) in [5.74, 6) is -0.391. The highest BCUT2D eigenvalue weighted by Gasteiger charge is 2.48. The molecule has 0 aromatic rings. The lowest BCUT2D eigenvalue weighted by molar-refractivity contribution is -0.301. The zero-order chi connectivity index (χ0) is 52.4. The Morgan fingerprint density at radius 3 is 1.25 bits per heavy atom. The average Bonchev–Trinajstić information content (AvgIpc) is 3.36. The van der Waals surface area contributed by atoms with Gasteiger partial charge in [-0.05, 0) is 38.5 Å². The molecule has 428 valence electrons. The molecule has 0 bridgehead atoms. The number of aliphatic hydroxyl groups excluding tert-OH is 3. The van der Waals surface area contributed by atoms with Gasteiger partial charge in [-0.2, -0.15) is 8.42 Å². The fourth-order valence-corrected chi connectivity index (χ4v) is 10.3. The van der Waals surface area contributed by atoms with Gasteiger partial charge in [-0.1, -0.05) is 264 Å². The number of carbonyl (C=O) groups excluding carboxylic acids is 1. The molecule has 0 aromatic carbocycles. The first-order valence-corrected chi connectivity index (χ1v) is 31.8. The molecule has 1 rings (SSSR count). The van der Waals surface area contributed by atoms with E-state index in [1.165, 1.54) is 231 Å². The smallest absolute Gasteiger partial charge is 0.397 e. The van der Waals surface area contributed by atoms with Gasteiger partial charge in [0.15, 0.2) is 6.29 Å². The first kappa shape index (κ1) is 68.9. The Balaban J connectivity index is 2.25. The molecule has 1 aliphatic rings. The van der Waals surface area contributed by atoms with Crippen molar-refractivity contribution in [2.45, 2.75) is 333 Å². The van der Waals surface area contributed by atoms with Crippen LogP contribution in [0.5, 0.6) is 0 Å². The SMILES string of the molecule is CCCCCCCCCC/C=C\CCCCCCCCCCCCCCCC(=O)OC(COCCCCCCCCCCCCCCCCCCCCCC)COC1OC(CO)C(O)C(OS(=O)(=O)O)C1O. The lowest BCUT2D eigenvalue weighted by Crippen LogP contribution is -2.60. The zero-order valence-corrected chi connectivity index (χ0v) is 47.3. The highest BCUT2D eigenvalue weighted by molar-refractivity contribution is 7.80. The van der Waals surface area contributed by atoms with Gasteiger partial charge in [-0.25, -0.2) is 4.18 Å². The molecule has 6 unspecified atom stereocenters. The van der Waals surface area contributed by atoms with Crippen LogP contribution >= 0.6 is 0 Å². The molecule has 1 aliphatic heterocycles. The normalized spacial score (nSPS) is 18.9. The highest BCUT2D eigenvalue weighted by Crippen LogP contribution is 2.26. The van der Waals surface area contributed by atoms with Crippen LogP contribution in [-0.2, 0) is 38.3 Å². The van der Waals surface area contributed by atoms with Crippen LogP contribution in [-0.4, -0.2) is 97.5 Å². The second-order valence-electron chi connectivity index (χ2n) is 21.3. The second kappa shape index (κ2) is 50.6. The van der Waals surface area contributed by atoms with Crippen LogP contribution in [0.25, 0.3) is 0 Å². The monoisotopic (exact) mass is 1050 g/mol. The Morgan fingerprint density at radius 1 is 0.514 bits per heavy atom. The van der Waals surface area contributed by atoms with Gasteiger partial charge in [0.2, 0.25) is 0 Å². The lowest BCUT2D eigenvalue weighted by atomic mass is 9.99. The fourth-order valence-electron chi connectivity index (χ4n) is 9.79. The fraction of sp³-hybridized carbons (Fsp3) is 0.949. The predicted octanol–water partition coefficient (Wildman–Crippen LogP) is 15.3. The number of hydrogen-bond donors (Lipinski definition) is 4. The topological polar surface area (TPSA) is 178 Å². The Labute approximate surface area is 442 Å². The third-order valence-electron chi connectivity index (χ3n) is 14.4. The molecular weight excluding hydrogens is 933 g/mol. The molecule has 0 aliphatic carbocycles. The van der Waals surface area contributed by atoms with Gasteiger partial charge in [0, 0.05) is 13.0 Å². The minimum atomic E-state index is -5.06. The number of ether oxygens (including phenoxy) is 4. The van der Waals surface area contributed by atoms with E-state index in [1.54, 1.807) is 0 Å². The molecule has 13 heteroatoms. The van der Waals surface area contributed by atoms with Crippen LogP contribution < -0.4 is 0 Å². The molecule has 4 N–H and O–H groups in total. The largest absolute Gasteiger partial charge is 0.457 e. The number of aliphatic hydroxyl groups is 3. The van der Waals surface area contributed by atoms with Crippen molar-refractivity contribution in [3.05, 3.63) is 12.2 Å². The Hall–Kier alpha value is -1.16. The minimum absolute atomic E-state index is 0.0434. The van der Waals surface area contributed by atoms with Gasteiger partial charge in [0.1, 0.15) is 30.5 Å². The standard InChI is InChI=1S/C59H114O12S/c1-3-5-7-9-11-13-15-17-19-21-23-25-26-27-28-29-30-32-34-36-38-40-42-44-46-48-55(61)69-53(52-68-59-57(63)58(71-72(64,65)66)56(62)54(50-60)70-59)51-67-49-47-45-43-41-39-37-35-33-31-24-22-20-18-16-14-12-10-8-6-4-2/h21,23,53-54,56-60,62-63H,3-20,22,24-52H2,1-2H3,(H,64,65,66)/b23-21-. The van der Waals surface area contributed by atoms with Gasteiger partial charge in [-0.15, -0.1) is 0 Å². The van der Waals surface area contributed by atoms with E-state index in [-0.39, 0.29) is 19.6 Å². The van der Waals surface area contributed by atoms with Crippen LogP contribution in [0.3, 0.4) is 0 Å². The molecule has 6 atom stereocenters. The van der Waals surface area contributed by atoms with Crippen molar-refractivity contribution in [3.8, 4) is 0 Å². The van der Waals surface area contributed by atoms with Crippen molar-refractivity contribution in [2.75, 3.05) is 26.4 Å². The Morgan fingerprint density at radius 2 is 0.875 bits per heavy atom. The minimum Gasteiger partial charge on any atom is -0.457 e. The maximum absolute atomic E-state index is 13.0. The number of hydrogen-bond acceptors (Lipinski definition) is 11. The maximum atomic E-state index is 13.0. The van der Waals surface area contributed by atoms with E-state index < -0.39 is 59.8 Å². The second-order valence-corrected chi connectivity index (χ2v) is 22.4. The van der Waals surface area contributed by atoms with Gasteiger partial charge >= 0.3 is 16.4 Å². The van der Waals surface area contributed by atoms with E-state index in [4.69, 9.17) is 18.9 Å². The molecule has 1 fully saturated rings. The van der Waals surface area contributed by atoms with Crippen LogP contribution in [0.15, 0.2) is 12.2 Å². The van der Waals surface area contributed by atoms with Crippen LogP contribution in [0.2, 0.25) is 0 Å². The van der Waals surface area contributed by atoms with Crippen LogP contribution in [0.1, 0.15) is 296 Å². The van der Waals surface area contributed by atoms with Gasteiger partial charge in [0.25, 0.3) is 0 Å². The summed E-state index contributed by atoms with van der Waals surface area (Å²) in [6.45, 7) is 4.07. The summed E-state index contributed by atoms with van der Waals surface area (Å²) in [6, 6.07) is 0. The van der Waals surface area contributed by atoms with Gasteiger partial charge < -0.3 is 34.3 Å². The molecule has 0 saturated carbocycles. The van der Waals surface area contributed by atoms with Crippen molar-refractivity contribution < 1.29 is 56.2 Å². The van der Waals surface area contributed by atoms with E-state index in [1.807, 2.05) is 0 Å². The summed E-state index contributed by atoms with van der Waals surface area (Å²) in [5.41, 5.74) is 0. The molecular formula is C59H114O12S. The average molecular weight is 1050 g/mol. The van der Waals surface area contributed by atoms with E-state index in [0.717, 1.165) is 38.5 Å². The number of unbranched alkanes of at least 4 members (excludes halogenated alkanes) is 40. The van der Waals surface area contributed by atoms with Crippen molar-refractivity contribution in [3.63, 3.8) is 0 Å². The lowest BCUT2D eigenvalue weighted by Gasteiger charge is -2.41. The first-order chi connectivity index (χ1) is 35.1. The summed E-state index contributed by atoms with van der Waals surface area (Å²) in [7, 11) is -5.06. The van der Waals surface area contributed by atoms with Gasteiger partial charge in [-0.3, -0.25) is 9.35 Å². The Bertz CT molecular complexity index is 1300. The first-order valence-electron chi connectivity index (χ1n) is 30.4. The van der Waals surface area contributed by atoms with Crippen LogP contribution in [0.4, 0.5) is 0 Å².